The molecule has 2 aromatic rings. The van der Waals surface area contributed by atoms with Crippen LogP contribution in [0.4, 0.5) is 5.69 Å². The van der Waals surface area contributed by atoms with Gasteiger partial charge in [0.05, 0.1) is 4.90 Å². The summed E-state index contributed by atoms with van der Waals surface area (Å²) in [7, 11) is -3.73. The first-order valence-electron chi connectivity index (χ1n) is 11.7. The molecule has 0 radical (unpaired) electrons. The van der Waals surface area contributed by atoms with E-state index in [1.807, 2.05) is 4.90 Å². The van der Waals surface area contributed by atoms with E-state index in [1.54, 1.807) is 36.4 Å². The molecule has 1 saturated carbocycles. The first kappa shape index (κ1) is 23.3. The third-order valence-corrected chi connectivity index (χ3v) is 7.92. The van der Waals surface area contributed by atoms with Gasteiger partial charge in [0.15, 0.2) is 0 Å². The normalized spacial score (nSPS) is 18.0. The summed E-state index contributed by atoms with van der Waals surface area (Å²) in [4.78, 5) is 27.7. The maximum Gasteiger partial charge on any atom is 0.261 e. The molecule has 2 N–H and O–H groups in total. The van der Waals surface area contributed by atoms with Crippen molar-refractivity contribution in [1.82, 2.24) is 10.2 Å². The van der Waals surface area contributed by atoms with Gasteiger partial charge in [0, 0.05) is 36.3 Å². The van der Waals surface area contributed by atoms with Gasteiger partial charge in [0.1, 0.15) is 0 Å². The molecule has 0 spiro atoms. The quantitative estimate of drug-likeness (QED) is 0.673. The number of hydrogen-bond donors (Lipinski definition) is 2. The summed E-state index contributed by atoms with van der Waals surface area (Å²) in [6.45, 7) is 1.33. The number of rotatable bonds is 6. The number of sulfonamides is 1. The van der Waals surface area contributed by atoms with Crippen LogP contribution in [0.3, 0.4) is 0 Å². The second-order valence-electron chi connectivity index (χ2n) is 8.91. The molecule has 0 bridgehead atoms. The number of anilines is 1. The first-order chi connectivity index (χ1) is 15.9. The molecule has 0 unspecified atom stereocenters. The Morgan fingerprint density at radius 2 is 1.55 bits per heavy atom. The van der Waals surface area contributed by atoms with E-state index in [0.29, 0.717) is 24.3 Å². The third-order valence-electron chi connectivity index (χ3n) is 6.53. The standard InChI is InChI=1S/C25H31N3O4S/c29-24(26-21-14-16-28(17-15-21)25(30)19-8-3-1-4-9-19)20-10-7-11-22(18-20)27-33(31,32)23-12-5-2-6-13-23/h2,5-7,10-13,18-19,21,27H,1,3-4,8-9,14-17H2,(H,26,29). The molecule has 33 heavy (non-hydrogen) atoms. The van der Waals surface area contributed by atoms with Gasteiger partial charge in [0.2, 0.25) is 5.91 Å². The van der Waals surface area contributed by atoms with Crippen molar-refractivity contribution in [2.24, 2.45) is 5.92 Å². The van der Waals surface area contributed by atoms with Gasteiger partial charge in [-0.2, -0.15) is 0 Å². The highest BCUT2D eigenvalue weighted by molar-refractivity contribution is 7.92. The summed E-state index contributed by atoms with van der Waals surface area (Å²) < 4.78 is 27.6. The zero-order chi connectivity index (χ0) is 23.3. The molecular weight excluding hydrogens is 438 g/mol. The number of piperidine rings is 1. The van der Waals surface area contributed by atoms with Crippen LogP contribution in [-0.2, 0) is 14.8 Å². The summed E-state index contributed by atoms with van der Waals surface area (Å²) in [6.07, 6.45) is 6.97. The summed E-state index contributed by atoms with van der Waals surface area (Å²) in [5.74, 6) is 0.206. The Labute approximate surface area is 195 Å². The molecule has 4 rings (SSSR count). The summed E-state index contributed by atoms with van der Waals surface area (Å²) in [5, 5.41) is 3.04. The van der Waals surface area contributed by atoms with Crippen molar-refractivity contribution in [3.05, 3.63) is 60.2 Å². The average Bonchev–Trinajstić information content (AvgIpc) is 2.85. The van der Waals surface area contributed by atoms with E-state index in [2.05, 4.69) is 10.0 Å². The molecule has 176 valence electrons. The predicted octanol–water partition coefficient (Wildman–Crippen LogP) is 3.79. The number of nitrogens with one attached hydrogen (secondary N) is 2. The molecule has 7 nitrogen and oxygen atoms in total. The predicted molar refractivity (Wildman–Crippen MR) is 127 cm³/mol. The van der Waals surface area contributed by atoms with Crippen molar-refractivity contribution < 1.29 is 18.0 Å². The summed E-state index contributed by atoms with van der Waals surface area (Å²) in [5.41, 5.74) is 0.725. The number of carbonyl (C=O) groups excluding carboxylic acids is 2. The SMILES string of the molecule is O=C(NC1CCN(C(=O)C2CCCCC2)CC1)c1cccc(NS(=O)(=O)c2ccccc2)c1. The lowest BCUT2D eigenvalue weighted by atomic mass is 9.87. The molecule has 1 saturated heterocycles. The Bertz CT molecular complexity index is 1070. The van der Waals surface area contributed by atoms with Crippen molar-refractivity contribution >= 4 is 27.5 Å². The molecule has 1 heterocycles. The molecule has 2 aliphatic rings. The van der Waals surface area contributed by atoms with Gasteiger partial charge in [-0.05, 0) is 56.0 Å². The fourth-order valence-electron chi connectivity index (χ4n) is 4.66. The Hall–Kier alpha value is -2.87. The van der Waals surface area contributed by atoms with Crippen LogP contribution >= 0.6 is 0 Å². The Balaban J connectivity index is 1.32. The van der Waals surface area contributed by atoms with Crippen LogP contribution in [0, 0.1) is 5.92 Å². The smallest absolute Gasteiger partial charge is 0.261 e. The highest BCUT2D eigenvalue weighted by Gasteiger charge is 2.29. The topological polar surface area (TPSA) is 95.6 Å². The van der Waals surface area contributed by atoms with E-state index in [9.17, 15) is 18.0 Å². The van der Waals surface area contributed by atoms with Crippen molar-refractivity contribution in [2.45, 2.75) is 55.9 Å². The van der Waals surface area contributed by atoms with Gasteiger partial charge < -0.3 is 10.2 Å². The average molecular weight is 470 g/mol. The van der Waals surface area contributed by atoms with Gasteiger partial charge in [-0.15, -0.1) is 0 Å². The van der Waals surface area contributed by atoms with E-state index in [-0.39, 0.29) is 28.7 Å². The van der Waals surface area contributed by atoms with Crippen LogP contribution in [0.1, 0.15) is 55.3 Å². The molecule has 2 amide bonds. The highest BCUT2D eigenvalue weighted by atomic mass is 32.2. The monoisotopic (exact) mass is 469 g/mol. The molecular formula is C25H31N3O4S. The van der Waals surface area contributed by atoms with Crippen LogP contribution in [0.5, 0.6) is 0 Å². The lowest BCUT2D eigenvalue weighted by Crippen LogP contribution is -2.48. The van der Waals surface area contributed by atoms with E-state index in [0.717, 1.165) is 38.5 Å². The van der Waals surface area contributed by atoms with Gasteiger partial charge in [0.25, 0.3) is 15.9 Å². The summed E-state index contributed by atoms with van der Waals surface area (Å²) in [6, 6.07) is 14.6. The number of carbonyl (C=O) groups is 2. The van der Waals surface area contributed by atoms with Crippen LogP contribution < -0.4 is 10.0 Å². The maximum absolute atomic E-state index is 12.8. The number of benzene rings is 2. The fraction of sp³-hybridized carbons (Fsp3) is 0.440. The van der Waals surface area contributed by atoms with Gasteiger partial charge >= 0.3 is 0 Å². The number of likely N-dealkylation sites (tertiary alicyclic amines) is 1. The van der Waals surface area contributed by atoms with E-state index >= 15 is 0 Å². The van der Waals surface area contributed by atoms with E-state index < -0.39 is 10.0 Å². The number of nitrogens with zero attached hydrogens (tertiary/aromatic N) is 1. The van der Waals surface area contributed by atoms with Gasteiger partial charge in [-0.3, -0.25) is 14.3 Å². The largest absolute Gasteiger partial charge is 0.349 e. The van der Waals surface area contributed by atoms with Crippen molar-refractivity contribution in [3.63, 3.8) is 0 Å². The first-order valence-corrected chi connectivity index (χ1v) is 13.2. The van der Waals surface area contributed by atoms with E-state index in [4.69, 9.17) is 0 Å². The Morgan fingerprint density at radius 3 is 2.24 bits per heavy atom. The molecule has 2 fully saturated rings. The molecule has 8 heteroatoms. The van der Waals surface area contributed by atoms with Crippen molar-refractivity contribution in [3.8, 4) is 0 Å². The summed E-state index contributed by atoms with van der Waals surface area (Å²) >= 11 is 0. The third kappa shape index (κ3) is 5.93. The van der Waals surface area contributed by atoms with Crippen LogP contribution in [0.25, 0.3) is 0 Å². The molecule has 0 atom stereocenters. The Morgan fingerprint density at radius 1 is 0.848 bits per heavy atom. The zero-order valence-electron chi connectivity index (χ0n) is 18.7. The second kappa shape index (κ2) is 10.4. The van der Waals surface area contributed by atoms with Crippen molar-refractivity contribution in [1.29, 1.82) is 0 Å². The van der Waals surface area contributed by atoms with Gasteiger partial charge in [-0.1, -0.05) is 43.5 Å². The fourth-order valence-corrected chi connectivity index (χ4v) is 5.73. The molecule has 2 aromatic carbocycles. The van der Waals surface area contributed by atoms with Crippen LogP contribution in [-0.4, -0.2) is 44.3 Å². The second-order valence-corrected chi connectivity index (χ2v) is 10.6. The lowest BCUT2D eigenvalue weighted by Gasteiger charge is -2.35. The Kier molecular flexibility index (Phi) is 7.33. The highest BCUT2D eigenvalue weighted by Crippen LogP contribution is 2.26. The minimum atomic E-state index is -3.73. The van der Waals surface area contributed by atoms with Crippen LogP contribution in [0.2, 0.25) is 0 Å². The molecule has 1 aliphatic carbocycles. The molecule has 0 aromatic heterocycles. The maximum atomic E-state index is 12.8. The van der Waals surface area contributed by atoms with Gasteiger partial charge in [-0.25, -0.2) is 8.42 Å². The minimum Gasteiger partial charge on any atom is -0.349 e. The lowest BCUT2D eigenvalue weighted by molar-refractivity contribution is -0.137. The zero-order valence-corrected chi connectivity index (χ0v) is 19.5. The number of amides is 2. The van der Waals surface area contributed by atoms with E-state index in [1.165, 1.54) is 24.6 Å². The van der Waals surface area contributed by atoms with Crippen molar-refractivity contribution in [2.75, 3.05) is 17.8 Å². The minimum absolute atomic E-state index is 0.00225. The number of hydrogen-bond acceptors (Lipinski definition) is 4. The molecule has 1 aliphatic heterocycles. The van der Waals surface area contributed by atoms with Crippen LogP contribution in [0.15, 0.2) is 59.5 Å².